The molecule has 2 aromatic heterocycles. The van der Waals surface area contributed by atoms with Crippen LogP contribution < -0.4 is 14.2 Å². The molecule has 2 aliphatic heterocycles. The summed E-state index contributed by atoms with van der Waals surface area (Å²) < 4.78 is 28.8. The van der Waals surface area contributed by atoms with Gasteiger partial charge in [0, 0.05) is 18.5 Å². The van der Waals surface area contributed by atoms with E-state index in [1.54, 1.807) is 6.20 Å². The average molecular weight is 596 g/mol. The number of nitrogens with zero attached hydrogens (tertiary/aromatic N) is 2. The Balaban J connectivity index is 0.00000147. The van der Waals surface area contributed by atoms with E-state index in [1.165, 1.54) is 5.56 Å². The number of aromatic nitrogens is 1. The summed E-state index contributed by atoms with van der Waals surface area (Å²) in [4.78, 5) is 6.66. The first-order valence-electron chi connectivity index (χ1n) is 12.9. The third-order valence-electron chi connectivity index (χ3n) is 7.18. The summed E-state index contributed by atoms with van der Waals surface area (Å²) in [5.74, 6) is 4.91. The van der Waals surface area contributed by atoms with Crippen LogP contribution in [0.4, 0.5) is 0 Å². The second-order valence-electron chi connectivity index (χ2n) is 10.2. The minimum absolute atomic E-state index is 0. The van der Waals surface area contributed by atoms with Gasteiger partial charge in [-0.1, -0.05) is 26.0 Å². The van der Waals surface area contributed by atoms with E-state index in [1.807, 2.05) is 30.3 Å². The van der Waals surface area contributed by atoms with Crippen molar-refractivity contribution in [3.8, 4) is 28.9 Å². The summed E-state index contributed by atoms with van der Waals surface area (Å²) in [6.07, 6.45) is 3.23. The fourth-order valence-electron chi connectivity index (χ4n) is 5.09. The van der Waals surface area contributed by atoms with Crippen LogP contribution in [0.25, 0.3) is 22.6 Å². The summed E-state index contributed by atoms with van der Waals surface area (Å²) in [5, 5.41) is 11.5. The maximum Gasteiger partial charge on any atom is 0.263 e. The molecule has 0 unspecified atom stereocenters. The molecule has 2 aliphatic rings. The van der Waals surface area contributed by atoms with E-state index in [-0.39, 0.29) is 42.8 Å². The summed E-state index contributed by atoms with van der Waals surface area (Å²) >= 11 is 0. The summed E-state index contributed by atoms with van der Waals surface area (Å²) in [6, 6.07) is 13.8. The highest BCUT2D eigenvalue weighted by Crippen LogP contribution is 2.38. The number of halogens is 2. The number of furan rings is 1. The predicted octanol–water partition coefficient (Wildman–Crippen LogP) is 5.58. The van der Waals surface area contributed by atoms with E-state index < -0.39 is 6.10 Å². The number of fused-ring (bicyclic) bond motifs is 2. The number of hydrogen-bond donors (Lipinski definition) is 1. The van der Waals surface area contributed by atoms with Gasteiger partial charge in [-0.25, -0.2) is 4.98 Å². The summed E-state index contributed by atoms with van der Waals surface area (Å²) in [7, 11) is 0. The third-order valence-corrected chi connectivity index (χ3v) is 7.18. The molecule has 4 heterocycles. The molecule has 40 heavy (non-hydrogen) atoms. The van der Waals surface area contributed by atoms with Gasteiger partial charge in [-0.3, -0.25) is 0 Å². The molecule has 1 saturated heterocycles. The van der Waals surface area contributed by atoms with Crippen molar-refractivity contribution in [3.63, 3.8) is 0 Å². The number of hydrogen-bond acceptors (Lipinski definition) is 8. The molecule has 218 valence electrons. The van der Waals surface area contributed by atoms with Crippen molar-refractivity contribution in [2.24, 2.45) is 0 Å². The van der Waals surface area contributed by atoms with E-state index in [4.69, 9.17) is 23.0 Å². The molecular weight excluding hydrogens is 559 g/mol. The lowest BCUT2D eigenvalue weighted by Gasteiger charge is -2.33. The molecule has 0 aliphatic carbocycles. The van der Waals surface area contributed by atoms with E-state index >= 15 is 0 Å². The number of aliphatic hydroxyl groups excluding tert-OH is 1. The molecule has 0 radical (unpaired) electrons. The summed E-state index contributed by atoms with van der Waals surface area (Å²) in [6.45, 7) is 7.07. The minimum Gasteiger partial charge on any atom is -0.490 e. The van der Waals surface area contributed by atoms with Crippen LogP contribution in [0, 0.1) is 0 Å². The molecule has 0 saturated carbocycles. The Bertz CT molecular complexity index is 1380. The van der Waals surface area contributed by atoms with Gasteiger partial charge in [0.05, 0.1) is 11.6 Å². The molecule has 1 atom stereocenters. The van der Waals surface area contributed by atoms with E-state index in [9.17, 15) is 5.11 Å². The third kappa shape index (κ3) is 6.67. The molecule has 0 amide bonds. The minimum atomic E-state index is -0.593. The maximum atomic E-state index is 10.7. The van der Waals surface area contributed by atoms with Crippen molar-refractivity contribution < 1.29 is 33.6 Å². The van der Waals surface area contributed by atoms with Crippen LogP contribution in [0.5, 0.6) is 17.2 Å². The van der Waals surface area contributed by atoms with Gasteiger partial charge in [0.15, 0.2) is 17.3 Å². The van der Waals surface area contributed by atoms with Crippen molar-refractivity contribution in [2.45, 2.75) is 44.6 Å². The number of piperidine rings is 1. The number of oxazole rings is 1. The van der Waals surface area contributed by atoms with Crippen molar-refractivity contribution in [1.29, 1.82) is 0 Å². The van der Waals surface area contributed by atoms with Gasteiger partial charge in [0.1, 0.15) is 29.8 Å². The van der Waals surface area contributed by atoms with Crippen LogP contribution in [0.3, 0.4) is 0 Å². The monoisotopic (exact) mass is 594 g/mol. The van der Waals surface area contributed by atoms with Crippen LogP contribution in [0.1, 0.15) is 49.8 Å². The predicted molar refractivity (Wildman–Crippen MR) is 156 cm³/mol. The largest absolute Gasteiger partial charge is 0.490 e. The second-order valence-corrected chi connectivity index (χ2v) is 10.2. The topological polar surface area (TPSA) is 122 Å². The smallest absolute Gasteiger partial charge is 0.263 e. The number of aliphatic hydroxyl groups is 1. The molecule has 0 spiro atoms. The highest BCUT2D eigenvalue weighted by molar-refractivity contribution is 5.87. The first-order valence-corrected chi connectivity index (χ1v) is 12.9. The van der Waals surface area contributed by atoms with Crippen LogP contribution in [-0.2, 0) is 0 Å². The van der Waals surface area contributed by atoms with Gasteiger partial charge in [0.25, 0.3) is 5.89 Å². The fourth-order valence-corrected chi connectivity index (χ4v) is 5.09. The molecular formula is C29H36Cl2N2O7. The normalized spacial score (nSPS) is 15.8. The Kier molecular flexibility index (Phi) is 10.7. The number of β-amino-alcohol motifs (C(OH)–C–C–N with tert-alkyl or cyclic N) is 1. The standard InChI is InChI=1S/C29H32N2O6.2ClH.H2O/c1-18(2)28-14-30-29(37-28)27-13-22-23(4-3-5-24(22)36-27)33-16-21(32)15-31-10-8-19(9-11-31)20-6-7-25-26(12-20)35-17-34-25;;;/h3-7,12-14,18-19,21,32H,8-11,15-17H2,1-2H3;2*1H;1H2/t21-;;;/m0.../s1. The number of ether oxygens (including phenoxy) is 3. The van der Waals surface area contributed by atoms with Crippen molar-refractivity contribution in [3.05, 3.63) is 60.0 Å². The second kappa shape index (κ2) is 13.6. The molecule has 9 nitrogen and oxygen atoms in total. The number of rotatable bonds is 8. The zero-order chi connectivity index (χ0) is 25.4. The van der Waals surface area contributed by atoms with Gasteiger partial charge in [0.2, 0.25) is 6.79 Å². The molecule has 11 heteroatoms. The van der Waals surface area contributed by atoms with E-state index in [0.29, 0.717) is 42.2 Å². The summed E-state index contributed by atoms with van der Waals surface area (Å²) in [5.41, 5.74) is 1.99. The van der Waals surface area contributed by atoms with Crippen LogP contribution in [0.2, 0.25) is 0 Å². The van der Waals surface area contributed by atoms with Crippen LogP contribution in [0.15, 0.2) is 57.5 Å². The highest BCUT2D eigenvalue weighted by Gasteiger charge is 2.24. The lowest BCUT2D eigenvalue weighted by molar-refractivity contribution is 0.0599. The number of likely N-dealkylation sites (tertiary alicyclic amines) is 1. The van der Waals surface area contributed by atoms with Gasteiger partial charge < -0.3 is 38.5 Å². The Morgan fingerprint density at radius 1 is 1.02 bits per heavy atom. The quantitative estimate of drug-likeness (QED) is 0.280. The van der Waals surface area contributed by atoms with Crippen molar-refractivity contribution >= 4 is 35.8 Å². The van der Waals surface area contributed by atoms with E-state index in [2.05, 4.69) is 35.9 Å². The maximum absolute atomic E-state index is 10.7. The molecule has 3 N–H and O–H groups in total. The molecule has 4 aromatic rings. The zero-order valence-electron chi connectivity index (χ0n) is 22.5. The van der Waals surface area contributed by atoms with E-state index in [0.717, 1.165) is 48.6 Å². The average Bonchev–Trinajstić information content (AvgIpc) is 3.66. The molecule has 0 bridgehead atoms. The number of benzene rings is 2. The van der Waals surface area contributed by atoms with Crippen LogP contribution in [-0.4, -0.2) is 59.6 Å². The molecule has 6 rings (SSSR count). The van der Waals surface area contributed by atoms with Gasteiger partial charge in [-0.05, 0) is 61.7 Å². The van der Waals surface area contributed by atoms with Gasteiger partial charge >= 0.3 is 0 Å². The van der Waals surface area contributed by atoms with Gasteiger partial charge in [-0.2, -0.15) is 0 Å². The fraction of sp³-hybridized carbons (Fsp3) is 0.414. The zero-order valence-corrected chi connectivity index (χ0v) is 24.1. The first-order chi connectivity index (χ1) is 18.0. The van der Waals surface area contributed by atoms with Crippen molar-refractivity contribution in [1.82, 2.24) is 9.88 Å². The highest BCUT2D eigenvalue weighted by atomic mass is 35.5. The lowest BCUT2D eigenvalue weighted by Crippen LogP contribution is -2.40. The van der Waals surface area contributed by atoms with Crippen LogP contribution >= 0.6 is 24.8 Å². The van der Waals surface area contributed by atoms with Crippen molar-refractivity contribution in [2.75, 3.05) is 33.0 Å². The first kappa shape index (κ1) is 31.6. The lowest BCUT2D eigenvalue weighted by atomic mass is 9.89. The Labute approximate surface area is 245 Å². The Hall–Kier alpha value is -2.95. The molecule has 2 aromatic carbocycles. The Morgan fingerprint density at radius 2 is 1.80 bits per heavy atom. The Morgan fingerprint density at radius 3 is 2.55 bits per heavy atom. The molecule has 1 fully saturated rings. The SMILES string of the molecule is CC(C)c1cnc(-c2cc3c(OC[C@@H](O)CN4CCC(c5ccc6c(c5)OCO6)CC4)cccc3o2)o1.Cl.Cl.O. The van der Waals surface area contributed by atoms with Gasteiger partial charge in [-0.15, -0.1) is 24.8 Å².